The van der Waals surface area contributed by atoms with Crippen molar-refractivity contribution in [3.05, 3.63) is 36.5 Å². The number of carbonyl (C=O) groups excluding carboxylic acids is 2. The summed E-state index contributed by atoms with van der Waals surface area (Å²) in [4.78, 5) is 24.6. The minimum absolute atomic E-state index is 0.000378. The van der Waals surface area contributed by atoms with E-state index in [1.807, 2.05) is 0 Å². The van der Waals surface area contributed by atoms with Crippen LogP contribution in [0.3, 0.4) is 0 Å². The summed E-state index contributed by atoms with van der Waals surface area (Å²) in [5.74, 6) is -0.0411. The van der Waals surface area contributed by atoms with Gasteiger partial charge in [0.25, 0.3) is 0 Å². The molecule has 0 bridgehead atoms. The number of rotatable bonds is 67. The first-order chi connectivity index (χ1) is 39.0. The van der Waals surface area contributed by atoms with Gasteiger partial charge < -0.3 is 20.3 Å². The summed E-state index contributed by atoms with van der Waals surface area (Å²) in [6, 6.07) is -0.551. The summed E-state index contributed by atoms with van der Waals surface area (Å²) in [5, 5.41) is 23.4. The zero-order chi connectivity index (χ0) is 57.1. The molecule has 0 aromatic heterocycles. The van der Waals surface area contributed by atoms with Gasteiger partial charge in [-0.05, 0) is 83.5 Å². The largest absolute Gasteiger partial charge is 0.466 e. The quantitative estimate of drug-likeness (QED) is 0.0320. The van der Waals surface area contributed by atoms with Crippen molar-refractivity contribution < 1.29 is 24.5 Å². The molecule has 0 fully saturated rings. The Bertz CT molecular complexity index is 1280. The normalized spacial score (nSPS) is 12.7. The van der Waals surface area contributed by atoms with Crippen molar-refractivity contribution in [1.82, 2.24) is 5.32 Å². The van der Waals surface area contributed by atoms with Crippen LogP contribution in [0.2, 0.25) is 0 Å². The molecule has 6 nitrogen and oxygen atoms in total. The lowest BCUT2D eigenvalue weighted by Crippen LogP contribution is -2.45. The minimum atomic E-state index is -0.673. The number of unbranched alkanes of at least 4 members (excludes halogenated alkanes) is 50. The number of aliphatic hydroxyl groups is 2. The van der Waals surface area contributed by atoms with Crippen LogP contribution in [0, 0.1) is 0 Å². The number of nitrogens with one attached hydrogen (secondary N) is 1. The Kier molecular flexibility index (Phi) is 66.9. The monoisotopic (exact) mass is 1110 g/mol. The highest BCUT2D eigenvalue weighted by molar-refractivity contribution is 5.76. The van der Waals surface area contributed by atoms with E-state index in [0.29, 0.717) is 25.9 Å². The maximum atomic E-state index is 12.5. The molecule has 0 rings (SSSR count). The number of carbonyl (C=O) groups is 2. The molecule has 0 aromatic rings. The third kappa shape index (κ3) is 65.1. The minimum Gasteiger partial charge on any atom is -0.466 e. The van der Waals surface area contributed by atoms with Gasteiger partial charge in [0.1, 0.15) is 0 Å². The highest BCUT2D eigenvalue weighted by Crippen LogP contribution is 2.18. The summed E-state index contributed by atoms with van der Waals surface area (Å²) < 4.78 is 5.49. The van der Waals surface area contributed by atoms with Crippen LogP contribution in [-0.2, 0) is 14.3 Å². The molecule has 1 amide bonds. The van der Waals surface area contributed by atoms with Gasteiger partial charge >= 0.3 is 5.97 Å². The van der Waals surface area contributed by atoms with E-state index in [1.54, 1.807) is 0 Å². The maximum Gasteiger partial charge on any atom is 0.305 e. The summed E-state index contributed by atoms with van der Waals surface area (Å²) >= 11 is 0. The van der Waals surface area contributed by atoms with E-state index in [2.05, 4.69) is 55.6 Å². The van der Waals surface area contributed by atoms with Crippen LogP contribution in [-0.4, -0.2) is 47.4 Å². The van der Waals surface area contributed by atoms with Crippen molar-refractivity contribution in [1.29, 1.82) is 0 Å². The van der Waals surface area contributed by atoms with Crippen LogP contribution < -0.4 is 5.32 Å². The van der Waals surface area contributed by atoms with Crippen molar-refractivity contribution in [3.63, 3.8) is 0 Å². The highest BCUT2D eigenvalue weighted by Gasteiger charge is 2.20. The fraction of sp³-hybridized carbons (Fsp3) is 0.890. The molecule has 0 radical (unpaired) electrons. The van der Waals surface area contributed by atoms with E-state index in [0.717, 1.165) is 57.8 Å². The molecule has 2 unspecified atom stereocenters. The maximum absolute atomic E-state index is 12.5. The van der Waals surface area contributed by atoms with Gasteiger partial charge in [0.15, 0.2) is 0 Å². The number of hydrogen-bond donors (Lipinski definition) is 3. The van der Waals surface area contributed by atoms with E-state index in [1.165, 1.54) is 302 Å². The second kappa shape index (κ2) is 68.6. The average Bonchev–Trinajstić information content (AvgIpc) is 3.45. The molecule has 0 aromatic carbocycles. The van der Waals surface area contributed by atoms with E-state index >= 15 is 0 Å². The Morgan fingerprint density at radius 2 is 0.633 bits per heavy atom. The molecular weight excluding hydrogens is 971 g/mol. The van der Waals surface area contributed by atoms with Gasteiger partial charge in [-0.3, -0.25) is 9.59 Å². The number of esters is 1. The van der Waals surface area contributed by atoms with E-state index in [-0.39, 0.29) is 18.5 Å². The van der Waals surface area contributed by atoms with Gasteiger partial charge in [0.2, 0.25) is 5.91 Å². The Balaban J connectivity index is 3.44. The average molecular weight is 1110 g/mol. The molecule has 0 heterocycles. The number of aliphatic hydroxyl groups excluding tert-OH is 2. The number of hydrogen-bond acceptors (Lipinski definition) is 5. The first-order valence-electron chi connectivity index (χ1n) is 35.7. The molecule has 0 saturated heterocycles. The second-order valence-corrected chi connectivity index (χ2v) is 24.6. The predicted octanol–water partition coefficient (Wildman–Crippen LogP) is 23.1. The van der Waals surface area contributed by atoms with Crippen molar-refractivity contribution in [2.45, 2.75) is 405 Å². The van der Waals surface area contributed by atoms with Crippen LogP contribution in [0.15, 0.2) is 36.5 Å². The van der Waals surface area contributed by atoms with Crippen LogP contribution >= 0.6 is 0 Å². The third-order valence-corrected chi connectivity index (χ3v) is 16.7. The Morgan fingerprint density at radius 1 is 0.354 bits per heavy atom. The van der Waals surface area contributed by atoms with Crippen LogP contribution in [0.5, 0.6) is 0 Å². The van der Waals surface area contributed by atoms with Crippen molar-refractivity contribution in [2.24, 2.45) is 0 Å². The highest BCUT2D eigenvalue weighted by atomic mass is 16.5. The van der Waals surface area contributed by atoms with Gasteiger partial charge in [-0.15, -0.1) is 0 Å². The van der Waals surface area contributed by atoms with E-state index in [4.69, 9.17) is 4.74 Å². The van der Waals surface area contributed by atoms with Crippen molar-refractivity contribution >= 4 is 11.9 Å². The SMILES string of the molecule is CCCCCCCCC/C=C\CCCCCCCC(=O)OCCCCCCCCCCC/C=C\C/C=C\CCCCCCCCCC(=O)NC(CO)C(O)CCCCCCCCCCCCCCCCCCCCCCCCC. The standard InChI is InChI=1S/C73H139NO5/c1-3-5-7-9-11-13-15-17-19-21-22-23-25-28-31-34-37-41-45-49-53-57-61-65-71(76)70(69-75)74-72(77)66-62-58-54-50-46-42-38-35-32-29-26-24-27-30-33-36-40-44-48-52-56-60-64-68-79-73(78)67-63-59-55-51-47-43-39-20-18-16-14-12-10-8-6-4-2/h20,24,27,29,32,39,70-71,75-76H,3-19,21-23,25-26,28,30-31,33-38,40-69H2,1-2H3,(H,74,77)/b27-24-,32-29-,39-20-. The molecule has 466 valence electrons. The molecule has 0 aliphatic heterocycles. The lowest BCUT2D eigenvalue weighted by Gasteiger charge is -2.22. The molecule has 0 saturated carbocycles. The molecular formula is C73H139NO5. The second-order valence-electron chi connectivity index (χ2n) is 24.6. The first-order valence-corrected chi connectivity index (χ1v) is 35.7. The Hall–Kier alpha value is -1.92. The number of ether oxygens (including phenoxy) is 1. The van der Waals surface area contributed by atoms with Gasteiger partial charge in [0, 0.05) is 12.8 Å². The fourth-order valence-electron chi connectivity index (χ4n) is 11.2. The third-order valence-electron chi connectivity index (χ3n) is 16.7. The molecule has 0 aliphatic carbocycles. The van der Waals surface area contributed by atoms with Crippen LogP contribution in [0.25, 0.3) is 0 Å². The predicted molar refractivity (Wildman–Crippen MR) is 347 cm³/mol. The first kappa shape index (κ1) is 77.1. The summed E-state index contributed by atoms with van der Waals surface area (Å²) in [6.07, 6.45) is 87.6. The van der Waals surface area contributed by atoms with Crippen LogP contribution in [0.1, 0.15) is 393 Å². The van der Waals surface area contributed by atoms with E-state index in [9.17, 15) is 19.8 Å². The fourth-order valence-corrected chi connectivity index (χ4v) is 11.2. The molecule has 0 spiro atoms. The molecule has 2 atom stereocenters. The van der Waals surface area contributed by atoms with Gasteiger partial charge in [-0.1, -0.05) is 333 Å². The van der Waals surface area contributed by atoms with Crippen LogP contribution in [0.4, 0.5) is 0 Å². The smallest absolute Gasteiger partial charge is 0.305 e. The van der Waals surface area contributed by atoms with Gasteiger partial charge in [-0.25, -0.2) is 0 Å². The zero-order valence-corrected chi connectivity index (χ0v) is 53.4. The summed E-state index contributed by atoms with van der Waals surface area (Å²) in [5.41, 5.74) is 0. The summed E-state index contributed by atoms with van der Waals surface area (Å²) in [6.45, 7) is 4.97. The van der Waals surface area contributed by atoms with Gasteiger partial charge in [-0.2, -0.15) is 0 Å². The Morgan fingerprint density at radius 3 is 0.975 bits per heavy atom. The van der Waals surface area contributed by atoms with Gasteiger partial charge in [0.05, 0.1) is 25.4 Å². The van der Waals surface area contributed by atoms with E-state index < -0.39 is 12.1 Å². The van der Waals surface area contributed by atoms with Crippen molar-refractivity contribution in [2.75, 3.05) is 13.2 Å². The molecule has 79 heavy (non-hydrogen) atoms. The molecule has 0 aliphatic rings. The van der Waals surface area contributed by atoms with Crippen molar-refractivity contribution in [3.8, 4) is 0 Å². The number of amides is 1. The topological polar surface area (TPSA) is 95.9 Å². The zero-order valence-electron chi connectivity index (χ0n) is 53.4. The lowest BCUT2D eigenvalue weighted by molar-refractivity contribution is -0.143. The summed E-state index contributed by atoms with van der Waals surface area (Å²) in [7, 11) is 0. The molecule has 6 heteroatoms. The Labute approximate surface area is 494 Å². The number of allylic oxidation sites excluding steroid dienone is 6. The molecule has 3 N–H and O–H groups in total. The lowest BCUT2D eigenvalue weighted by atomic mass is 10.0.